The van der Waals surface area contributed by atoms with Crippen molar-refractivity contribution in [2.45, 2.75) is 25.7 Å². The summed E-state index contributed by atoms with van der Waals surface area (Å²) >= 11 is 0. The van der Waals surface area contributed by atoms with Gasteiger partial charge in [-0.05, 0) is 23.8 Å². The van der Waals surface area contributed by atoms with Crippen molar-refractivity contribution in [1.82, 2.24) is 24.6 Å². The van der Waals surface area contributed by atoms with E-state index in [4.69, 9.17) is 4.74 Å². The van der Waals surface area contributed by atoms with Gasteiger partial charge in [-0.1, -0.05) is 12.1 Å². The van der Waals surface area contributed by atoms with Crippen LogP contribution in [0.1, 0.15) is 11.3 Å². The predicted molar refractivity (Wildman–Crippen MR) is 103 cm³/mol. The van der Waals surface area contributed by atoms with Crippen molar-refractivity contribution < 1.29 is 9.53 Å². The van der Waals surface area contributed by atoms with Crippen molar-refractivity contribution in [2.75, 3.05) is 27.2 Å². The molecule has 4 rings (SSSR count). The van der Waals surface area contributed by atoms with Crippen LogP contribution in [0.3, 0.4) is 0 Å². The summed E-state index contributed by atoms with van der Waals surface area (Å²) in [6.45, 7) is 3.14. The number of carbonyl (C=O) groups is 1. The zero-order valence-electron chi connectivity index (χ0n) is 15.8. The zero-order valence-corrected chi connectivity index (χ0v) is 15.8. The average Bonchev–Trinajstić information content (AvgIpc) is 3.26. The summed E-state index contributed by atoms with van der Waals surface area (Å²) in [5.74, 6) is -0.0245. The highest BCUT2D eigenvalue weighted by Gasteiger charge is 2.24. The minimum atomic E-state index is -0.0829. The van der Waals surface area contributed by atoms with Gasteiger partial charge in [0.2, 0.25) is 5.91 Å². The fourth-order valence-electron chi connectivity index (χ4n) is 3.56. The lowest BCUT2D eigenvalue weighted by molar-refractivity contribution is -0.136. The van der Waals surface area contributed by atoms with Crippen LogP contribution >= 0.6 is 0 Å². The zero-order chi connectivity index (χ0) is 18.8. The van der Waals surface area contributed by atoms with Crippen LogP contribution in [0.25, 0.3) is 10.9 Å². The van der Waals surface area contributed by atoms with Crippen LogP contribution in [0.5, 0.6) is 0 Å². The number of H-pyrrole nitrogens is 1. The first-order chi connectivity index (χ1) is 13.1. The van der Waals surface area contributed by atoms with E-state index in [1.165, 1.54) is 16.6 Å². The summed E-state index contributed by atoms with van der Waals surface area (Å²) in [6.07, 6.45) is 3.72. The Labute approximate surface area is 158 Å². The van der Waals surface area contributed by atoms with Crippen LogP contribution in [-0.2, 0) is 29.2 Å². The predicted octanol–water partition coefficient (Wildman–Crippen LogP) is 1.85. The van der Waals surface area contributed by atoms with Crippen molar-refractivity contribution in [3.63, 3.8) is 0 Å². The van der Waals surface area contributed by atoms with E-state index in [1.54, 1.807) is 19.0 Å². The number of carbonyl (C=O) groups excluding carboxylic acids is 1. The van der Waals surface area contributed by atoms with Gasteiger partial charge in [-0.25, -0.2) is 0 Å². The van der Waals surface area contributed by atoms with Crippen molar-refractivity contribution >= 4 is 16.8 Å². The number of ether oxygens (including phenoxy) is 1. The Kier molecular flexibility index (Phi) is 4.96. The fourth-order valence-corrected chi connectivity index (χ4v) is 3.56. The lowest BCUT2D eigenvalue weighted by Crippen LogP contribution is -2.36. The Bertz CT molecular complexity index is 929. The number of aromatic nitrogens is 3. The summed E-state index contributed by atoms with van der Waals surface area (Å²) in [5.41, 5.74) is 3.60. The second-order valence-corrected chi connectivity index (χ2v) is 7.25. The minimum Gasteiger partial charge on any atom is -0.365 e. The van der Waals surface area contributed by atoms with Crippen molar-refractivity contribution in [1.29, 1.82) is 0 Å². The van der Waals surface area contributed by atoms with Gasteiger partial charge in [0.1, 0.15) is 6.61 Å². The fraction of sp³-hybridized carbons (Fsp3) is 0.400. The molecule has 0 radical (unpaired) electrons. The topological polar surface area (TPSA) is 66.4 Å². The summed E-state index contributed by atoms with van der Waals surface area (Å²) in [7, 11) is 3.49. The number of hydrogen-bond acceptors (Lipinski definition) is 4. The number of nitrogens with one attached hydrogen (secondary N) is 1. The van der Waals surface area contributed by atoms with E-state index in [0.29, 0.717) is 6.54 Å². The molecule has 0 spiro atoms. The van der Waals surface area contributed by atoms with Crippen molar-refractivity contribution in [3.05, 3.63) is 54.0 Å². The molecule has 1 atom stereocenters. The van der Waals surface area contributed by atoms with Crippen LogP contribution in [0.2, 0.25) is 0 Å². The van der Waals surface area contributed by atoms with Crippen molar-refractivity contribution in [3.8, 4) is 0 Å². The molecule has 0 bridgehead atoms. The molecule has 2 aromatic heterocycles. The second-order valence-electron chi connectivity index (χ2n) is 7.25. The largest absolute Gasteiger partial charge is 0.365 e. The van der Waals surface area contributed by atoms with E-state index in [0.717, 1.165) is 25.2 Å². The third-order valence-corrected chi connectivity index (χ3v) is 5.05. The van der Waals surface area contributed by atoms with E-state index >= 15 is 0 Å². The molecule has 27 heavy (non-hydrogen) atoms. The first-order valence-corrected chi connectivity index (χ1v) is 9.20. The molecule has 1 aliphatic heterocycles. The highest BCUT2D eigenvalue weighted by molar-refractivity contribution is 5.82. The molecule has 1 N–H and O–H groups in total. The van der Waals surface area contributed by atoms with Crippen LogP contribution in [-0.4, -0.2) is 63.8 Å². The maximum atomic E-state index is 11.9. The number of likely N-dealkylation sites (N-methyl/N-ethyl adjacent to an activating group) is 1. The summed E-state index contributed by atoms with van der Waals surface area (Å²) < 4.78 is 7.94. The van der Waals surface area contributed by atoms with Crippen LogP contribution in [0.4, 0.5) is 0 Å². The summed E-state index contributed by atoms with van der Waals surface area (Å²) in [4.78, 5) is 19.1. The molecule has 7 heteroatoms. The Morgan fingerprint density at radius 3 is 3.04 bits per heavy atom. The molecule has 0 aliphatic carbocycles. The highest BCUT2D eigenvalue weighted by atomic mass is 16.5. The van der Waals surface area contributed by atoms with Gasteiger partial charge in [-0.3, -0.25) is 14.4 Å². The lowest BCUT2D eigenvalue weighted by Gasteiger charge is -2.24. The third kappa shape index (κ3) is 3.89. The molecule has 7 nitrogen and oxygen atoms in total. The maximum Gasteiger partial charge on any atom is 0.248 e. The molecular formula is C20H25N5O2. The van der Waals surface area contributed by atoms with E-state index in [2.05, 4.69) is 45.3 Å². The number of amides is 1. The van der Waals surface area contributed by atoms with Gasteiger partial charge in [0.05, 0.1) is 18.3 Å². The van der Waals surface area contributed by atoms with E-state index in [1.807, 2.05) is 17.1 Å². The number of benzene rings is 1. The monoisotopic (exact) mass is 367 g/mol. The van der Waals surface area contributed by atoms with Gasteiger partial charge in [-0.15, -0.1) is 0 Å². The average molecular weight is 367 g/mol. The second kappa shape index (κ2) is 7.54. The summed E-state index contributed by atoms with van der Waals surface area (Å²) in [6, 6.07) is 10.5. The number of fused-ring (bicyclic) bond motifs is 2. The van der Waals surface area contributed by atoms with Crippen LogP contribution < -0.4 is 0 Å². The van der Waals surface area contributed by atoms with E-state index in [9.17, 15) is 4.79 Å². The molecule has 142 valence electrons. The van der Waals surface area contributed by atoms with Crippen LogP contribution in [0.15, 0.2) is 42.7 Å². The highest BCUT2D eigenvalue weighted by Crippen LogP contribution is 2.22. The molecule has 1 aliphatic rings. The van der Waals surface area contributed by atoms with E-state index < -0.39 is 0 Å². The van der Waals surface area contributed by atoms with Gasteiger partial charge in [0.15, 0.2) is 0 Å². The smallest absolute Gasteiger partial charge is 0.248 e. The van der Waals surface area contributed by atoms with E-state index in [-0.39, 0.29) is 18.6 Å². The van der Waals surface area contributed by atoms with Gasteiger partial charge in [-0.2, -0.15) is 5.10 Å². The third-order valence-electron chi connectivity index (χ3n) is 5.05. The number of aromatic amines is 1. The van der Waals surface area contributed by atoms with Crippen LogP contribution in [0, 0.1) is 0 Å². The number of hydrogen-bond donors (Lipinski definition) is 1. The molecule has 1 amide bonds. The summed E-state index contributed by atoms with van der Waals surface area (Å²) in [5, 5.41) is 5.67. The standard InChI is InChI=1S/C20H25N5O2/c1-23(2)20(26)14-27-17-12-24(11-16-6-9-22-25(16)13-17)10-15-4-3-5-19-18(15)7-8-21-19/h3-9,17,21H,10-14H2,1-2H3/t17-/m0/s1. The molecular weight excluding hydrogens is 342 g/mol. The van der Waals surface area contributed by atoms with Gasteiger partial charge in [0.25, 0.3) is 0 Å². The molecule has 0 unspecified atom stereocenters. The Balaban J connectivity index is 1.53. The van der Waals surface area contributed by atoms with Gasteiger partial charge < -0.3 is 14.6 Å². The van der Waals surface area contributed by atoms with Gasteiger partial charge in [0, 0.05) is 57.0 Å². The molecule has 0 saturated carbocycles. The van der Waals surface area contributed by atoms with Gasteiger partial charge >= 0.3 is 0 Å². The molecule has 0 fully saturated rings. The Morgan fingerprint density at radius 2 is 2.19 bits per heavy atom. The Hall–Kier alpha value is -2.64. The molecule has 3 aromatic rings. The van der Waals surface area contributed by atoms with Crippen molar-refractivity contribution in [2.24, 2.45) is 0 Å². The molecule has 3 heterocycles. The minimum absolute atomic E-state index is 0.0245. The first-order valence-electron chi connectivity index (χ1n) is 9.20. The first kappa shape index (κ1) is 17.8. The molecule has 1 aromatic carbocycles. The number of rotatable bonds is 5. The SMILES string of the molecule is CN(C)C(=O)CO[C@H]1CN(Cc2cccc3[nH]ccc23)Cc2ccnn2C1. The normalized spacial score (nSPS) is 17.6. The molecule has 0 saturated heterocycles. The number of nitrogens with zero attached hydrogens (tertiary/aromatic N) is 4. The maximum absolute atomic E-state index is 11.9. The Morgan fingerprint density at radius 1 is 1.30 bits per heavy atom. The lowest BCUT2D eigenvalue weighted by atomic mass is 10.1. The quantitative estimate of drug-likeness (QED) is 0.747.